The number of rotatable bonds is 13. The molecule has 1 saturated heterocycles. The number of aliphatic hydroxyl groups is 1. The Hall–Kier alpha value is -3.02. The number of hydrogen-bond donors (Lipinski definition) is 1. The Morgan fingerprint density at radius 2 is 1.67 bits per heavy atom. The van der Waals surface area contributed by atoms with Crippen molar-refractivity contribution >= 4 is 16.1 Å². The third-order valence-electron chi connectivity index (χ3n) is 6.04. The Morgan fingerprint density at radius 1 is 1.00 bits per heavy atom. The molecule has 198 valence electrons. The zero-order chi connectivity index (χ0) is 26.3. The molecule has 0 amide bonds. The van der Waals surface area contributed by atoms with Crippen molar-refractivity contribution in [2.45, 2.75) is 25.1 Å². The second kappa shape index (κ2) is 12.3. The van der Waals surface area contributed by atoms with Crippen LogP contribution in [-0.4, -0.2) is 90.0 Å². The monoisotopic (exact) mass is 523 g/mol. The summed E-state index contributed by atoms with van der Waals surface area (Å²) < 4.78 is 51.7. The molecule has 1 heterocycles. The van der Waals surface area contributed by atoms with E-state index in [9.17, 15) is 18.3 Å². The Bertz CT molecular complexity index is 1130. The molecule has 0 bridgehead atoms. The molecule has 1 fully saturated rings. The van der Waals surface area contributed by atoms with Crippen LogP contribution in [0, 0.1) is 0 Å². The van der Waals surface area contributed by atoms with Crippen LogP contribution in [0.4, 0.5) is 0 Å². The Kier molecular flexibility index (Phi) is 9.41. The van der Waals surface area contributed by atoms with Gasteiger partial charge in [-0.25, -0.2) is 8.42 Å². The molecule has 3 rings (SSSR count). The Labute approximate surface area is 211 Å². The topological polar surface area (TPSA) is 121 Å². The van der Waals surface area contributed by atoms with Crippen LogP contribution in [0.1, 0.15) is 22.3 Å². The molecular weight excluding hydrogens is 490 g/mol. The number of aliphatic hydroxyl groups excluding tert-OH is 1. The maximum absolute atomic E-state index is 12.2. The van der Waals surface area contributed by atoms with Crippen molar-refractivity contribution in [2.75, 3.05) is 53.1 Å². The van der Waals surface area contributed by atoms with Crippen LogP contribution in [0.3, 0.4) is 0 Å². The predicted molar refractivity (Wildman–Crippen MR) is 133 cm³/mol. The third-order valence-corrected chi connectivity index (χ3v) is 7.79. The molecule has 2 atom stereocenters. The van der Waals surface area contributed by atoms with Gasteiger partial charge in [0.05, 0.1) is 39.9 Å². The maximum Gasteiger partial charge on any atom is 0.203 e. The average molecular weight is 524 g/mol. The normalized spacial score (nSPS) is 17.4. The molecule has 1 aliphatic heterocycles. The van der Waals surface area contributed by atoms with Gasteiger partial charge in [-0.2, -0.15) is 0 Å². The van der Waals surface area contributed by atoms with Crippen molar-refractivity contribution in [3.8, 4) is 28.7 Å². The Morgan fingerprint density at radius 3 is 2.19 bits per heavy atom. The van der Waals surface area contributed by atoms with Crippen LogP contribution in [0.2, 0.25) is 0 Å². The highest BCUT2D eigenvalue weighted by molar-refractivity contribution is 7.91. The summed E-state index contributed by atoms with van der Waals surface area (Å²) in [5, 5.41) is 10.8. The molecule has 0 aliphatic carbocycles. The van der Waals surface area contributed by atoms with E-state index in [0.29, 0.717) is 53.6 Å². The molecule has 2 unspecified atom stereocenters. The van der Waals surface area contributed by atoms with E-state index in [-0.39, 0.29) is 30.7 Å². The quantitative estimate of drug-likeness (QED) is 0.390. The van der Waals surface area contributed by atoms with Crippen molar-refractivity contribution in [2.24, 2.45) is 0 Å². The van der Waals surface area contributed by atoms with Gasteiger partial charge in [-0.05, 0) is 42.3 Å². The number of benzene rings is 2. The average Bonchev–Trinajstić information content (AvgIpc) is 3.25. The molecule has 2 aromatic rings. The van der Waals surface area contributed by atoms with Gasteiger partial charge < -0.3 is 28.8 Å². The zero-order valence-electron chi connectivity index (χ0n) is 20.9. The summed E-state index contributed by atoms with van der Waals surface area (Å²) in [6, 6.07) is 8.10. The second-order valence-corrected chi connectivity index (χ2v) is 10.7. The van der Waals surface area contributed by atoms with Gasteiger partial charge in [0.15, 0.2) is 32.8 Å². The number of carbonyl (C=O) groups is 1. The SMILES string of the molecule is COc1cc(C=O)ccc1OCC(O)CN(Cc1cc(OC)c(OC)c(OC)c1)C1CCS(=O)(=O)C1. The van der Waals surface area contributed by atoms with Crippen molar-refractivity contribution < 1.29 is 42.0 Å². The third kappa shape index (κ3) is 6.80. The van der Waals surface area contributed by atoms with Gasteiger partial charge in [0, 0.05) is 24.7 Å². The number of sulfone groups is 1. The van der Waals surface area contributed by atoms with E-state index in [1.807, 2.05) is 4.90 Å². The van der Waals surface area contributed by atoms with Gasteiger partial charge >= 0.3 is 0 Å². The molecular formula is C25H33NO9S. The van der Waals surface area contributed by atoms with E-state index in [0.717, 1.165) is 5.56 Å². The number of hydrogen-bond acceptors (Lipinski definition) is 10. The van der Waals surface area contributed by atoms with Gasteiger partial charge in [0.25, 0.3) is 0 Å². The predicted octanol–water partition coefficient (Wildman–Crippen LogP) is 1.96. The number of ether oxygens (including phenoxy) is 5. The lowest BCUT2D eigenvalue weighted by atomic mass is 10.1. The lowest BCUT2D eigenvalue weighted by molar-refractivity contribution is 0.0516. The van der Waals surface area contributed by atoms with Crippen LogP contribution < -0.4 is 23.7 Å². The van der Waals surface area contributed by atoms with Gasteiger partial charge in [-0.15, -0.1) is 0 Å². The van der Waals surface area contributed by atoms with Crippen LogP contribution in [-0.2, 0) is 16.4 Å². The minimum Gasteiger partial charge on any atom is -0.493 e. The number of carbonyl (C=O) groups excluding carboxylic acids is 1. The first-order valence-electron chi connectivity index (χ1n) is 11.4. The molecule has 0 radical (unpaired) electrons. The lowest BCUT2D eigenvalue weighted by Crippen LogP contribution is -2.42. The molecule has 0 aromatic heterocycles. The van der Waals surface area contributed by atoms with Crippen LogP contribution in [0.15, 0.2) is 30.3 Å². The summed E-state index contributed by atoms with van der Waals surface area (Å²) in [7, 11) is 2.90. The maximum atomic E-state index is 12.2. The number of nitrogens with zero attached hydrogens (tertiary/aromatic N) is 1. The minimum atomic E-state index is -3.14. The van der Waals surface area contributed by atoms with Crippen LogP contribution >= 0.6 is 0 Å². The smallest absolute Gasteiger partial charge is 0.203 e. The standard InChI is InChI=1S/C25H33NO9S/c1-31-22-9-17(14-27)5-6-21(22)35-15-20(28)13-26(19-7-8-36(29,30)16-19)12-18-10-23(32-2)25(34-4)24(11-18)33-3/h5-6,9-11,14,19-20,28H,7-8,12-13,15-16H2,1-4H3. The van der Waals surface area contributed by atoms with Crippen molar-refractivity contribution in [1.82, 2.24) is 4.90 Å². The summed E-state index contributed by atoms with van der Waals surface area (Å²) in [6.07, 6.45) is 0.255. The molecule has 0 saturated carbocycles. The fourth-order valence-electron chi connectivity index (χ4n) is 4.25. The molecule has 2 aromatic carbocycles. The first-order valence-corrected chi connectivity index (χ1v) is 13.2. The fraction of sp³-hybridized carbons (Fsp3) is 0.480. The Balaban J connectivity index is 1.78. The minimum absolute atomic E-state index is 0.0198. The van der Waals surface area contributed by atoms with E-state index in [4.69, 9.17) is 23.7 Å². The van der Waals surface area contributed by atoms with Crippen LogP contribution in [0.25, 0.3) is 0 Å². The summed E-state index contributed by atoms with van der Waals surface area (Å²) in [5.41, 5.74) is 1.26. The van der Waals surface area contributed by atoms with Gasteiger partial charge in [-0.1, -0.05) is 0 Å². The van der Waals surface area contributed by atoms with E-state index in [1.54, 1.807) is 30.3 Å². The van der Waals surface area contributed by atoms with Crippen LogP contribution in [0.5, 0.6) is 28.7 Å². The number of methoxy groups -OCH3 is 4. The largest absolute Gasteiger partial charge is 0.493 e. The summed E-state index contributed by atoms with van der Waals surface area (Å²) in [6.45, 7) is 0.471. The van der Waals surface area contributed by atoms with Crippen molar-refractivity contribution in [3.05, 3.63) is 41.5 Å². The van der Waals surface area contributed by atoms with Gasteiger partial charge in [-0.3, -0.25) is 9.69 Å². The van der Waals surface area contributed by atoms with E-state index < -0.39 is 15.9 Å². The lowest BCUT2D eigenvalue weighted by Gasteiger charge is -2.30. The summed E-state index contributed by atoms with van der Waals surface area (Å²) in [4.78, 5) is 12.9. The first-order chi connectivity index (χ1) is 17.2. The highest BCUT2D eigenvalue weighted by atomic mass is 32.2. The summed E-state index contributed by atoms with van der Waals surface area (Å²) >= 11 is 0. The van der Waals surface area contributed by atoms with E-state index >= 15 is 0 Å². The molecule has 36 heavy (non-hydrogen) atoms. The summed E-state index contributed by atoms with van der Waals surface area (Å²) in [5.74, 6) is 2.33. The van der Waals surface area contributed by atoms with E-state index in [2.05, 4.69) is 0 Å². The molecule has 10 nitrogen and oxygen atoms in total. The van der Waals surface area contributed by atoms with Crippen molar-refractivity contribution in [3.63, 3.8) is 0 Å². The number of aldehydes is 1. The molecule has 11 heteroatoms. The molecule has 1 N–H and O–H groups in total. The molecule has 0 spiro atoms. The highest BCUT2D eigenvalue weighted by Gasteiger charge is 2.33. The highest BCUT2D eigenvalue weighted by Crippen LogP contribution is 2.39. The van der Waals surface area contributed by atoms with E-state index in [1.165, 1.54) is 28.4 Å². The second-order valence-electron chi connectivity index (χ2n) is 8.51. The molecule has 1 aliphatic rings. The van der Waals surface area contributed by atoms with Gasteiger partial charge in [0.1, 0.15) is 19.0 Å². The first kappa shape index (κ1) is 27.6. The van der Waals surface area contributed by atoms with Gasteiger partial charge in [0.2, 0.25) is 5.75 Å². The zero-order valence-corrected chi connectivity index (χ0v) is 21.7. The van der Waals surface area contributed by atoms with Crippen molar-refractivity contribution in [1.29, 1.82) is 0 Å². The fourth-order valence-corrected chi connectivity index (χ4v) is 6.01.